The van der Waals surface area contributed by atoms with Crippen LogP contribution in [0.5, 0.6) is 0 Å². The molecule has 1 aromatic carbocycles. The molecule has 3 rings (SSSR count). The number of carbonyl (C=O) groups is 2. The minimum Gasteiger partial charge on any atom is -0.346 e. The van der Waals surface area contributed by atoms with Crippen LogP contribution in [-0.2, 0) is 9.59 Å². The van der Waals surface area contributed by atoms with Crippen molar-refractivity contribution in [1.29, 1.82) is 0 Å². The first kappa shape index (κ1) is 13.2. The van der Waals surface area contributed by atoms with Crippen molar-refractivity contribution < 1.29 is 9.59 Å². The topological polar surface area (TPSA) is 40.6 Å². The van der Waals surface area contributed by atoms with Crippen molar-refractivity contribution in [2.75, 3.05) is 20.1 Å². The van der Waals surface area contributed by atoms with Gasteiger partial charge in [-0.1, -0.05) is 30.3 Å². The van der Waals surface area contributed by atoms with Crippen LogP contribution in [0.15, 0.2) is 30.3 Å². The molecule has 2 amide bonds. The molecule has 2 aliphatic heterocycles. The van der Waals surface area contributed by atoms with Crippen LogP contribution in [0, 0.1) is 5.92 Å². The first-order valence-electron chi connectivity index (χ1n) is 7.26. The van der Waals surface area contributed by atoms with Gasteiger partial charge >= 0.3 is 0 Å². The maximum Gasteiger partial charge on any atom is 0.226 e. The van der Waals surface area contributed by atoms with E-state index in [2.05, 4.69) is 12.1 Å². The lowest BCUT2D eigenvalue weighted by atomic mass is 9.89. The average Bonchev–Trinajstić information content (AvgIpc) is 2.42. The van der Waals surface area contributed by atoms with Gasteiger partial charge in [0.2, 0.25) is 11.8 Å². The van der Waals surface area contributed by atoms with Gasteiger partial charge in [-0.15, -0.1) is 0 Å². The number of likely N-dealkylation sites (tertiary alicyclic amines) is 2. The Balaban J connectivity index is 1.68. The average molecular weight is 272 g/mol. The van der Waals surface area contributed by atoms with Gasteiger partial charge in [-0.2, -0.15) is 0 Å². The molecule has 0 bridgehead atoms. The summed E-state index contributed by atoms with van der Waals surface area (Å²) in [7, 11) is 1.80. The van der Waals surface area contributed by atoms with Crippen LogP contribution < -0.4 is 0 Å². The summed E-state index contributed by atoms with van der Waals surface area (Å²) in [6, 6.07) is 10.4. The van der Waals surface area contributed by atoms with E-state index in [4.69, 9.17) is 0 Å². The van der Waals surface area contributed by atoms with Crippen LogP contribution in [0.4, 0.5) is 0 Å². The second kappa shape index (κ2) is 5.27. The zero-order chi connectivity index (χ0) is 14.1. The summed E-state index contributed by atoms with van der Waals surface area (Å²) >= 11 is 0. The fraction of sp³-hybridized carbons (Fsp3) is 0.500. The van der Waals surface area contributed by atoms with Crippen molar-refractivity contribution in [3.05, 3.63) is 35.9 Å². The van der Waals surface area contributed by atoms with E-state index in [1.165, 1.54) is 5.56 Å². The number of carbonyl (C=O) groups excluding carboxylic acids is 2. The van der Waals surface area contributed by atoms with Crippen LogP contribution in [-0.4, -0.2) is 41.8 Å². The summed E-state index contributed by atoms with van der Waals surface area (Å²) < 4.78 is 0. The molecule has 0 N–H and O–H groups in total. The lowest BCUT2D eigenvalue weighted by Crippen LogP contribution is -2.50. The molecule has 106 valence electrons. The first-order valence-corrected chi connectivity index (χ1v) is 7.26. The molecule has 2 aliphatic rings. The molecule has 20 heavy (non-hydrogen) atoms. The SMILES string of the molecule is CN1CCC(C(=O)N2CCC2c2ccccc2)CC1=O. The van der Waals surface area contributed by atoms with Gasteiger partial charge in [-0.3, -0.25) is 9.59 Å². The second-order valence-electron chi connectivity index (χ2n) is 5.75. The Hall–Kier alpha value is -1.84. The summed E-state index contributed by atoms with van der Waals surface area (Å²) in [5, 5.41) is 0. The molecule has 2 unspecified atom stereocenters. The lowest BCUT2D eigenvalue weighted by molar-refractivity contribution is -0.150. The third kappa shape index (κ3) is 2.30. The highest BCUT2D eigenvalue weighted by Crippen LogP contribution is 2.35. The molecule has 2 heterocycles. The monoisotopic (exact) mass is 272 g/mol. The number of hydrogen-bond donors (Lipinski definition) is 0. The Bertz CT molecular complexity index is 514. The van der Waals surface area contributed by atoms with Crippen molar-refractivity contribution >= 4 is 11.8 Å². The molecule has 0 aliphatic carbocycles. The fourth-order valence-corrected chi connectivity index (χ4v) is 3.06. The van der Waals surface area contributed by atoms with Gasteiger partial charge in [-0.25, -0.2) is 0 Å². The normalized spacial score (nSPS) is 26.4. The number of rotatable bonds is 2. The molecule has 0 spiro atoms. The maximum absolute atomic E-state index is 12.6. The zero-order valence-corrected chi connectivity index (χ0v) is 11.8. The molecule has 2 atom stereocenters. The molecular weight excluding hydrogens is 252 g/mol. The largest absolute Gasteiger partial charge is 0.346 e. The lowest BCUT2D eigenvalue weighted by Gasteiger charge is -2.44. The van der Waals surface area contributed by atoms with E-state index in [9.17, 15) is 9.59 Å². The van der Waals surface area contributed by atoms with Gasteiger partial charge in [0.25, 0.3) is 0 Å². The number of hydrogen-bond acceptors (Lipinski definition) is 2. The van der Waals surface area contributed by atoms with Gasteiger partial charge in [0, 0.05) is 32.5 Å². The number of amides is 2. The van der Waals surface area contributed by atoms with Gasteiger partial charge in [0.1, 0.15) is 0 Å². The molecule has 0 saturated carbocycles. The van der Waals surface area contributed by atoms with Crippen LogP contribution in [0.1, 0.15) is 30.9 Å². The summed E-state index contributed by atoms with van der Waals surface area (Å²) in [5.41, 5.74) is 1.20. The fourth-order valence-electron chi connectivity index (χ4n) is 3.06. The van der Waals surface area contributed by atoms with E-state index in [-0.39, 0.29) is 23.8 Å². The molecule has 0 aromatic heterocycles. The van der Waals surface area contributed by atoms with Gasteiger partial charge in [-0.05, 0) is 18.4 Å². The Kier molecular flexibility index (Phi) is 3.47. The van der Waals surface area contributed by atoms with Crippen LogP contribution in [0.3, 0.4) is 0 Å². The third-order valence-electron chi connectivity index (χ3n) is 4.50. The predicted molar refractivity (Wildman–Crippen MR) is 75.9 cm³/mol. The number of benzene rings is 1. The second-order valence-corrected chi connectivity index (χ2v) is 5.75. The van der Waals surface area contributed by atoms with Crippen LogP contribution in [0.25, 0.3) is 0 Å². The van der Waals surface area contributed by atoms with Gasteiger partial charge in [0.05, 0.1) is 6.04 Å². The summed E-state index contributed by atoms with van der Waals surface area (Å²) in [6.45, 7) is 1.51. The Morgan fingerprint density at radius 1 is 1.15 bits per heavy atom. The van der Waals surface area contributed by atoms with E-state index in [1.807, 2.05) is 23.1 Å². The van der Waals surface area contributed by atoms with E-state index >= 15 is 0 Å². The minimum atomic E-state index is -0.120. The summed E-state index contributed by atoms with van der Waals surface area (Å²) in [4.78, 5) is 28.0. The zero-order valence-electron chi connectivity index (χ0n) is 11.8. The Labute approximate surface area is 119 Å². The molecule has 4 nitrogen and oxygen atoms in total. The Morgan fingerprint density at radius 2 is 1.90 bits per heavy atom. The Morgan fingerprint density at radius 3 is 2.50 bits per heavy atom. The number of piperidine rings is 1. The molecule has 2 saturated heterocycles. The first-order chi connectivity index (χ1) is 9.66. The van der Waals surface area contributed by atoms with Crippen LogP contribution in [0.2, 0.25) is 0 Å². The maximum atomic E-state index is 12.6. The highest BCUT2D eigenvalue weighted by molar-refractivity contribution is 5.87. The molecule has 2 fully saturated rings. The smallest absolute Gasteiger partial charge is 0.226 e. The molecule has 4 heteroatoms. The standard InChI is InChI=1S/C16H20N2O2/c1-17-9-7-13(11-15(17)19)16(20)18-10-8-14(18)12-5-3-2-4-6-12/h2-6,13-14H,7-11H2,1H3. The summed E-state index contributed by atoms with van der Waals surface area (Å²) in [6.07, 6.45) is 2.18. The van der Waals surface area contributed by atoms with Crippen molar-refractivity contribution in [3.8, 4) is 0 Å². The van der Waals surface area contributed by atoms with Crippen LogP contribution >= 0.6 is 0 Å². The van der Waals surface area contributed by atoms with Crippen molar-refractivity contribution in [3.63, 3.8) is 0 Å². The van der Waals surface area contributed by atoms with E-state index in [0.717, 1.165) is 19.4 Å². The predicted octanol–water partition coefficient (Wildman–Crippen LogP) is 1.83. The highest BCUT2D eigenvalue weighted by Gasteiger charge is 2.38. The third-order valence-corrected chi connectivity index (χ3v) is 4.50. The number of nitrogens with zero attached hydrogens (tertiary/aromatic N) is 2. The molecular formula is C16H20N2O2. The molecule has 0 radical (unpaired) electrons. The van der Waals surface area contributed by atoms with Crippen molar-refractivity contribution in [1.82, 2.24) is 9.80 Å². The van der Waals surface area contributed by atoms with E-state index < -0.39 is 0 Å². The summed E-state index contributed by atoms with van der Waals surface area (Å²) in [5.74, 6) is 0.128. The van der Waals surface area contributed by atoms with Gasteiger partial charge in [0.15, 0.2) is 0 Å². The molecule has 1 aromatic rings. The van der Waals surface area contributed by atoms with Crippen molar-refractivity contribution in [2.45, 2.75) is 25.3 Å². The minimum absolute atomic E-state index is 0.0892. The van der Waals surface area contributed by atoms with E-state index in [1.54, 1.807) is 11.9 Å². The quantitative estimate of drug-likeness (QED) is 0.824. The van der Waals surface area contributed by atoms with Crippen molar-refractivity contribution in [2.24, 2.45) is 5.92 Å². The van der Waals surface area contributed by atoms with E-state index in [0.29, 0.717) is 13.0 Å². The van der Waals surface area contributed by atoms with Gasteiger partial charge < -0.3 is 9.80 Å². The highest BCUT2D eigenvalue weighted by atomic mass is 16.2.